The van der Waals surface area contributed by atoms with Crippen molar-refractivity contribution in [2.45, 2.75) is 37.3 Å². The molecule has 8 heteroatoms. The van der Waals surface area contributed by atoms with Crippen LogP contribution < -0.4 is 10.6 Å². The van der Waals surface area contributed by atoms with Crippen LogP contribution in [-0.2, 0) is 14.3 Å². The van der Waals surface area contributed by atoms with Crippen LogP contribution in [0.1, 0.15) is 36.3 Å². The number of aliphatic carboxylic acids is 1. The van der Waals surface area contributed by atoms with Crippen LogP contribution in [0.4, 0.5) is 4.79 Å². The van der Waals surface area contributed by atoms with Gasteiger partial charge in [0.1, 0.15) is 12.6 Å². The number of hydrogen-bond donors (Lipinski definition) is 3. The Balaban J connectivity index is 1.37. The fourth-order valence-corrected chi connectivity index (χ4v) is 5.24. The average Bonchev–Trinajstić information content (AvgIpc) is 3.19. The first-order valence-electron chi connectivity index (χ1n) is 11.8. The molecule has 2 aromatic rings. The summed E-state index contributed by atoms with van der Waals surface area (Å²) in [5.41, 5.74) is 4.54. The van der Waals surface area contributed by atoms with E-state index in [4.69, 9.17) is 4.74 Å². The van der Waals surface area contributed by atoms with E-state index < -0.39 is 24.0 Å². The third kappa shape index (κ3) is 5.88. The molecule has 0 fully saturated rings. The summed E-state index contributed by atoms with van der Waals surface area (Å²) in [4.78, 5) is 37.0. The number of hydrogen-bond acceptors (Lipinski definition) is 5. The van der Waals surface area contributed by atoms with Crippen molar-refractivity contribution in [1.29, 1.82) is 0 Å². The highest BCUT2D eigenvalue weighted by Gasteiger charge is 2.31. The van der Waals surface area contributed by atoms with Crippen LogP contribution in [0, 0.1) is 5.92 Å². The second-order valence-corrected chi connectivity index (χ2v) is 9.84. The van der Waals surface area contributed by atoms with E-state index in [-0.39, 0.29) is 24.5 Å². The van der Waals surface area contributed by atoms with Crippen LogP contribution in [-0.4, -0.2) is 53.8 Å². The van der Waals surface area contributed by atoms with Gasteiger partial charge in [0.05, 0.1) is 5.92 Å². The number of carboxylic acids is 1. The molecule has 0 heterocycles. The first kappa shape index (κ1) is 24.9. The maximum Gasteiger partial charge on any atom is 0.407 e. The van der Waals surface area contributed by atoms with Crippen LogP contribution in [0.5, 0.6) is 0 Å². The lowest BCUT2D eigenvalue weighted by Crippen LogP contribution is -2.50. The molecule has 4 rings (SSSR count). The third-order valence-corrected chi connectivity index (χ3v) is 7.21. The van der Waals surface area contributed by atoms with Crippen molar-refractivity contribution in [3.05, 3.63) is 71.8 Å². The Kier molecular flexibility index (Phi) is 8.13. The molecule has 0 bridgehead atoms. The first-order chi connectivity index (χ1) is 17.0. The van der Waals surface area contributed by atoms with E-state index in [1.807, 2.05) is 36.6 Å². The minimum Gasteiger partial charge on any atom is -0.481 e. The maximum absolute atomic E-state index is 12.9. The molecule has 1 unspecified atom stereocenters. The van der Waals surface area contributed by atoms with Gasteiger partial charge in [0.2, 0.25) is 5.91 Å². The Labute approximate surface area is 209 Å². The van der Waals surface area contributed by atoms with E-state index in [0.717, 1.165) is 22.3 Å². The molecule has 35 heavy (non-hydrogen) atoms. The van der Waals surface area contributed by atoms with Gasteiger partial charge in [-0.1, -0.05) is 60.7 Å². The number of allylic oxidation sites excluding steroid dienone is 1. The average molecular weight is 495 g/mol. The third-order valence-electron chi connectivity index (χ3n) is 6.57. The molecular weight excluding hydrogens is 464 g/mol. The van der Waals surface area contributed by atoms with Crippen LogP contribution in [0.2, 0.25) is 0 Å². The Morgan fingerprint density at radius 3 is 2.37 bits per heavy atom. The zero-order valence-electron chi connectivity index (χ0n) is 19.6. The normalized spacial score (nSPS) is 19.3. The maximum atomic E-state index is 12.9. The predicted octanol–water partition coefficient (Wildman–Crippen LogP) is 4.18. The van der Waals surface area contributed by atoms with Crippen LogP contribution in [0.25, 0.3) is 11.1 Å². The molecule has 7 nitrogen and oxygen atoms in total. The van der Waals surface area contributed by atoms with Crippen molar-refractivity contribution in [3.63, 3.8) is 0 Å². The number of ether oxygens (including phenoxy) is 1. The Hall–Kier alpha value is -3.26. The number of alkyl carbamates (subject to hydrolysis) is 1. The lowest BCUT2D eigenvalue weighted by molar-refractivity contribution is -0.142. The Morgan fingerprint density at radius 1 is 1.09 bits per heavy atom. The largest absolute Gasteiger partial charge is 0.481 e. The quantitative estimate of drug-likeness (QED) is 0.452. The lowest BCUT2D eigenvalue weighted by atomic mass is 9.91. The minimum atomic E-state index is -0.871. The number of thioether (sulfide) groups is 1. The Bertz CT molecular complexity index is 1070. The second-order valence-electron chi connectivity index (χ2n) is 8.85. The smallest absolute Gasteiger partial charge is 0.407 e. The highest BCUT2D eigenvalue weighted by Crippen LogP contribution is 2.44. The summed E-state index contributed by atoms with van der Waals surface area (Å²) >= 11 is 1.58. The summed E-state index contributed by atoms with van der Waals surface area (Å²) in [6.07, 6.45) is 6.11. The number of carbonyl (C=O) groups is 3. The van der Waals surface area contributed by atoms with E-state index in [1.165, 1.54) is 0 Å². The molecule has 0 saturated heterocycles. The van der Waals surface area contributed by atoms with Gasteiger partial charge in [0.25, 0.3) is 0 Å². The van der Waals surface area contributed by atoms with Gasteiger partial charge in [0.15, 0.2) is 0 Å². The van der Waals surface area contributed by atoms with Gasteiger partial charge in [0, 0.05) is 12.0 Å². The van der Waals surface area contributed by atoms with Gasteiger partial charge in [-0.3, -0.25) is 9.59 Å². The number of amides is 2. The van der Waals surface area contributed by atoms with Crippen molar-refractivity contribution in [1.82, 2.24) is 10.6 Å². The molecule has 2 aliphatic rings. The van der Waals surface area contributed by atoms with E-state index in [1.54, 1.807) is 17.8 Å². The number of carboxylic acid groups (broad SMARTS) is 1. The van der Waals surface area contributed by atoms with Gasteiger partial charge in [-0.05, 0) is 53.5 Å². The van der Waals surface area contributed by atoms with Gasteiger partial charge < -0.3 is 20.5 Å². The fourth-order valence-electron chi connectivity index (χ4n) is 4.77. The summed E-state index contributed by atoms with van der Waals surface area (Å²) in [7, 11) is 0. The van der Waals surface area contributed by atoms with Crippen molar-refractivity contribution < 1.29 is 24.2 Å². The lowest BCUT2D eigenvalue weighted by Gasteiger charge is -2.25. The van der Waals surface area contributed by atoms with Crippen LogP contribution in [0.15, 0.2) is 60.7 Å². The first-order valence-corrected chi connectivity index (χ1v) is 13.2. The summed E-state index contributed by atoms with van der Waals surface area (Å²) in [5.74, 6) is -1.12. The zero-order chi connectivity index (χ0) is 24.8. The van der Waals surface area contributed by atoms with Crippen molar-refractivity contribution >= 4 is 29.7 Å². The number of carbonyl (C=O) groups excluding carboxylic acids is 2. The molecular formula is C27H30N2O5S. The summed E-state index contributed by atoms with van der Waals surface area (Å²) in [6, 6.07) is 15.1. The monoisotopic (exact) mass is 494 g/mol. The summed E-state index contributed by atoms with van der Waals surface area (Å²) < 4.78 is 5.61. The molecule has 0 saturated carbocycles. The molecule has 0 spiro atoms. The number of benzene rings is 2. The zero-order valence-corrected chi connectivity index (χ0v) is 20.4. The number of nitrogens with one attached hydrogen (secondary N) is 2. The van der Waals surface area contributed by atoms with E-state index in [0.29, 0.717) is 25.0 Å². The van der Waals surface area contributed by atoms with Gasteiger partial charge in [-0.25, -0.2) is 4.79 Å². The topological polar surface area (TPSA) is 105 Å². The standard InChI is InChI=1S/C27H30N2O5S/c1-35-14-13-24(25(30)28-18-8-6-7-17(15-18)26(31)32)29-27(33)34-16-23-21-11-4-2-9-19(21)20-10-3-5-12-22(20)23/h2-6,8-12,17-18,23-24H,7,13-16H2,1H3,(H,28,30)(H,29,33)(H,31,32)/t17-,18-,24?/m1/s1. The van der Waals surface area contributed by atoms with Crippen molar-refractivity contribution in [3.8, 4) is 11.1 Å². The van der Waals surface area contributed by atoms with Gasteiger partial charge in [-0.15, -0.1) is 0 Å². The molecule has 184 valence electrons. The molecule has 2 aliphatic carbocycles. The fraction of sp³-hybridized carbons (Fsp3) is 0.370. The van der Waals surface area contributed by atoms with Crippen LogP contribution >= 0.6 is 11.8 Å². The van der Waals surface area contributed by atoms with E-state index in [2.05, 4.69) is 34.9 Å². The Morgan fingerprint density at radius 2 is 1.74 bits per heavy atom. The molecule has 0 aliphatic heterocycles. The minimum absolute atomic E-state index is 0.0630. The van der Waals surface area contributed by atoms with E-state index >= 15 is 0 Å². The van der Waals surface area contributed by atoms with Crippen molar-refractivity contribution in [2.24, 2.45) is 5.92 Å². The molecule has 2 amide bonds. The van der Waals surface area contributed by atoms with Crippen molar-refractivity contribution in [2.75, 3.05) is 18.6 Å². The second kappa shape index (κ2) is 11.4. The molecule has 3 N–H and O–H groups in total. The number of rotatable bonds is 9. The van der Waals surface area contributed by atoms with Gasteiger partial charge in [-0.2, -0.15) is 11.8 Å². The van der Waals surface area contributed by atoms with Gasteiger partial charge >= 0.3 is 12.1 Å². The molecule has 2 aromatic carbocycles. The summed E-state index contributed by atoms with van der Waals surface area (Å²) in [6.45, 7) is 0.169. The predicted molar refractivity (Wildman–Crippen MR) is 136 cm³/mol. The number of fused-ring (bicyclic) bond motifs is 3. The SMILES string of the molecule is CSCCC(NC(=O)OCC1c2ccccc2-c2ccccc21)C(=O)N[C@@H]1C=CC[C@@H](C(=O)O)C1. The molecule has 0 aromatic heterocycles. The molecule has 3 atom stereocenters. The summed E-state index contributed by atoms with van der Waals surface area (Å²) in [5, 5.41) is 14.9. The molecule has 0 radical (unpaired) electrons. The van der Waals surface area contributed by atoms with E-state index in [9.17, 15) is 19.5 Å². The van der Waals surface area contributed by atoms with Crippen LogP contribution in [0.3, 0.4) is 0 Å². The highest BCUT2D eigenvalue weighted by atomic mass is 32.2. The highest BCUT2D eigenvalue weighted by molar-refractivity contribution is 7.98.